The largest absolute Gasteiger partial charge is 0.508 e. The van der Waals surface area contributed by atoms with Crippen LogP contribution in [0, 0.1) is 0 Å². The van der Waals surface area contributed by atoms with Crippen molar-refractivity contribution in [2.24, 2.45) is 0 Å². The number of aromatic nitrogens is 4. The van der Waals surface area contributed by atoms with Gasteiger partial charge in [0, 0.05) is 0 Å². The molecule has 5 N–H and O–H groups in total. The van der Waals surface area contributed by atoms with E-state index >= 15 is 0 Å². The second-order valence-electron chi connectivity index (χ2n) is 7.25. The minimum atomic E-state index is -1.25. The highest BCUT2D eigenvalue weighted by atomic mass is 16.6. The summed E-state index contributed by atoms with van der Waals surface area (Å²) < 4.78 is 13.6. The lowest BCUT2D eigenvalue weighted by atomic mass is 9.98. The Labute approximate surface area is 166 Å². The number of phenols is 1. The second kappa shape index (κ2) is 7.56. The number of nitrogens with two attached hydrogens (primary N) is 1. The standard InChI is InChI=1S/C19H23N5O5/c1-9(2)28-15(10-3-5-11(25)6-4-10)16-13(26)14(27)19(29-16)24-8-23-12-17(20)21-7-22-18(12)24/h3-9,13-16,19,25-27H,1-2H3,(H2,20,21,22)/t13-,14+,15?,16-,19+/m0/s1. The van der Waals surface area contributed by atoms with E-state index in [0.29, 0.717) is 16.7 Å². The van der Waals surface area contributed by atoms with Crippen molar-refractivity contribution in [3.05, 3.63) is 42.5 Å². The van der Waals surface area contributed by atoms with E-state index in [1.54, 1.807) is 12.1 Å². The van der Waals surface area contributed by atoms with Gasteiger partial charge in [-0.15, -0.1) is 0 Å². The molecule has 29 heavy (non-hydrogen) atoms. The van der Waals surface area contributed by atoms with E-state index in [1.807, 2.05) is 13.8 Å². The van der Waals surface area contributed by atoms with Gasteiger partial charge < -0.3 is 30.5 Å². The van der Waals surface area contributed by atoms with Gasteiger partial charge in [-0.1, -0.05) is 12.1 Å². The summed E-state index contributed by atoms with van der Waals surface area (Å²) in [5, 5.41) is 31.0. The number of rotatable bonds is 5. The van der Waals surface area contributed by atoms with Crippen molar-refractivity contribution in [1.82, 2.24) is 19.5 Å². The molecule has 1 aromatic carbocycles. The minimum Gasteiger partial charge on any atom is -0.508 e. The van der Waals surface area contributed by atoms with Gasteiger partial charge in [-0.2, -0.15) is 0 Å². The van der Waals surface area contributed by atoms with Crippen LogP contribution in [0.3, 0.4) is 0 Å². The van der Waals surface area contributed by atoms with Crippen molar-refractivity contribution in [2.45, 2.75) is 50.6 Å². The van der Waals surface area contributed by atoms with Gasteiger partial charge in [-0.3, -0.25) is 4.57 Å². The first-order valence-corrected chi connectivity index (χ1v) is 9.25. The predicted molar refractivity (Wildman–Crippen MR) is 103 cm³/mol. The highest BCUT2D eigenvalue weighted by Gasteiger charge is 2.48. The molecule has 154 valence electrons. The Morgan fingerprint density at radius 2 is 1.83 bits per heavy atom. The van der Waals surface area contributed by atoms with Gasteiger partial charge >= 0.3 is 0 Å². The lowest BCUT2D eigenvalue weighted by Gasteiger charge is -2.28. The fourth-order valence-corrected chi connectivity index (χ4v) is 3.52. The molecule has 1 aliphatic heterocycles. The molecule has 0 aliphatic carbocycles. The quantitative estimate of drug-likeness (QED) is 0.489. The monoisotopic (exact) mass is 401 g/mol. The van der Waals surface area contributed by atoms with Crippen molar-refractivity contribution in [3.8, 4) is 5.75 Å². The second-order valence-corrected chi connectivity index (χ2v) is 7.25. The summed E-state index contributed by atoms with van der Waals surface area (Å²) in [7, 11) is 0. The number of imidazole rings is 1. The van der Waals surface area contributed by atoms with E-state index < -0.39 is 30.6 Å². The number of ether oxygens (including phenoxy) is 2. The van der Waals surface area contributed by atoms with Gasteiger partial charge in [0.2, 0.25) is 0 Å². The van der Waals surface area contributed by atoms with Gasteiger partial charge in [-0.05, 0) is 31.5 Å². The van der Waals surface area contributed by atoms with Crippen molar-refractivity contribution >= 4 is 17.0 Å². The molecule has 0 spiro atoms. The molecule has 1 unspecified atom stereocenters. The van der Waals surface area contributed by atoms with Crippen molar-refractivity contribution in [3.63, 3.8) is 0 Å². The third-order valence-corrected chi connectivity index (χ3v) is 4.88. The number of benzene rings is 1. The molecule has 4 rings (SSSR count). The molecule has 3 heterocycles. The summed E-state index contributed by atoms with van der Waals surface area (Å²) in [5.74, 6) is 0.327. The van der Waals surface area contributed by atoms with Crippen molar-refractivity contribution in [1.29, 1.82) is 0 Å². The lowest BCUT2D eigenvalue weighted by Crippen LogP contribution is -2.36. The molecular weight excluding hydrogens is 378 g/mol. The molecule has 10 nitrogen and oxygen atoms in total. The normalized spacial score (nSPS) is 25.7. The zero-order chi connectivity index (χ0) is 20.7. The van der Waals surface area contributed by atoms with Crippen molar-refractivity contribution < 1.29 is 24.8 Å². The summed E-state index contributed by atoms with van der Waals surface area (Å²) in [6.45, 7) is 3.73. The number of aliphatic hydroxyl groups is 2. The molecular formula is C19H23N5O5. The summed E-state index contributed by atoms with van der Waals surface area (Å²) >= 11 is 0. The number of nitrogen functional groups attached to an aromatic ring is 1. The number of aromatic hydroxyl groups is 1. The van der Waals surface area contributed by atoms with Crippen LogP contribution in [0.4, 0.5) is 5.82 Å². The Morgan fingerprint density at radius 1 is 1.10 bits per heavy atom. The summed E-state index contributed by atoms with van der Waals surface area (Å²) in [4.78, 5) is 12.3. The first-order valence-electron chi connectivity index (χ1n) is 9.25. The average molecular weight is 401 g/mol. The summed E-state index contributed by atoms with van der Waals surface area (Å²) in [6.07, 6.45) is -2.37. The van der Waals surface area contributed by atoms with E-state index in [4.69, 9.17) is 15.2 Å². The Balaban J connectivity index is 1.68. The number of fused-ring (bicyclic) bond motifs is 1. The highest BCUT2D eigenvalue weighted by Crippen LogP contribution is 2.39. The van der Waals surface area contributed by atoms with Crippen LogP contribution in [-0.4, -0.2) is 59.3 Å². The zero-order valence-corrected chi connectivity index (χ0v) is 16.0. The molecule has 10 heteroatoms. The van der Waals surface area contributed by atoms with Gasteiger partial charge in [0.15, 0.2) is 17.7 Å². The maximum atomic E-state index is 10.8. The third kappa shape index (κ3) is 3.51. The van der Waals surface area contributed by atoms with E-state index in [1.165, 1.54) is 29.4 Å². The molecule has 0 bridgehead atoms. The van der Waals surface area contributed by atoms with E-state index in [0.717, 1.165) is 0 Å². The maximum absolute atomic E-state index is 10.8. The number of anilines is 1. The number of hydrogen-bond donors (Lipinski definition) is 4. The van der Waals surface area contributed by atoms with E-state index in [-0.39, 0.29) is 17.7 Å². The number of phenolic OH excluding ortho intramolecular Hbond substituents is 1. The lowest BCUT2D eigenvalue weighted by molar-refractivity contribution is -0.124. The molecule has 1 fully saturated rings. The molecule has 0 radical (unpaired) electrons. The SMILES string of the molecule is CC(C)OC(c1ccc(O)cc1)[C@H]1O[C@@H](n2cnc3c(N)ncnc32)[C@H](O)[C@@H]1O. The van der Waals surface area contributed by atoms with Crippen LogP contribution in [0.15, 0.2) is 36.9 Å². The Morgan fingerprint density at radius 3 is 2.52 bits per heavy atom. The third-order valence-electron chi connectivity index (χ3n) is 4.88. The van der Waals surface area contributed by atoms with Crippen LogP contribution in [-0.2, 0) is 9.47 Å². The summed E-state index contributed by atoms with van der Waals surface area (Å²) in [6, 6.07) is 6.45. The van der Waals surface area contributed by atoms with E-state index in [9.17, 15) is 15.3 Å². The fraction of sp³-hybridized carbons (Fsp3) is 0.421. The van der Waals surface area contributed by atoms with Crippen LogP contribution in [0.1, 0.15) is 31.7 Å². The molecule has 5 atom stereocenters. The van der Waals surface area contributed by atoms with Gasteiger partial charge in [0.25, 0.3) is 0 Å². The number of hydrogen-bond acceptors (Lipinski definition) is 9. The van der Waals surface area contributed by atoms with Gasteiger partial charge in [-0.25, -0.2) is 15.0 Å². The molecule has 0 saturated carbocycles. The molecule has 1 aliphatic rings. The molecule has 3 aromatic rings. The summed E-state index contributed by atoms with van der Waals surface area (Å²) in [5.41, 5.74) is 7.31. The van der Waals surface area contributed by atoms with Crippen LogP contribution in [0.5, 0.6) is 5.75 Å². The molecule has 2 aromatic heterocycles. The Kier molecular flexibility index (Phi) is 5.09. The smallest absolute Gasteiger partial charge is 0.167 e. The Bertz CT molecular complexity index is 992. The fourth-order valence-electron chi connectivity index (χ4n) is 3.52. The van der Waals surface area contributed by atoms with Crippen LogP contribution in [0.2, 0.25) is 0 Å². The topological polar surface area (TPSA) is 149 Å². The first-order chi connectivity index (χ1) is 13.9. The highest BCUT2D eigenvalue weighted by molar-refractivity contribution is 5.81. The maximum Gasteiger partial charge on any atom is 0.167 e. The number of aliphatic hydroxyl groups excluding tert-OH is 2. The van der Waals surface area contributed by atoms with Gasteiger partial charge in [0.1, 0.15) is 42.0 Å². The first kappa shape index (κ1) is 19.5. The zero-order valence-electron chi connectivity index (χ0n) is 16.0. The molecule has 0 amide bonds. The Hall–Kier alpha value is -2.79. The van der Waals surface area contributed by atoms with Crippen LogP contribution in [0.25, 0.3) is 11.2 Å². The predicted octanol–water partition coefficient (Wildman–Crippen LogP) is 0.900. The van der Waals surface area contributed by atoms with Crippen LogP contribution < -0.4 is 5.73 Å². The van der Waals surface area contributed by atoms with Crippen LogP contribution >= 0.6 is 0 Å². The van der Waals surface area contributed by atoms with Crippen molar-refractivity contribution in [2.75, 3.05) is 5.73 Å². The van der Waals surface area contributed by atoms with Gasteiger partial charge in [0.05, 0.1) is 12.4 Å². The van der Waals surface area contributed by atoms with E-state index in [2.05, 4.69) is 15.0 Å². The minimum absolute atomic E-state index is 0.116. The molecule has 1 saturated heterocycles. The number of nitrogens with zero attached hydrogens (tertiary/aromatic N) is 4. The average Bonchev–Trinajstić information content (AvgIpc) is 3.23.